The second-order valence-corrected chi connectivity index (χ2v) is 4.15. The highest BCUT2D eigenvalue weighted by atomic mass is 35.5. The third-order valence-corrected chi connectivity index (χ3v) is 2.73. The Labute approximate surface area is 113 Å². The molecule has 0 radical (unpaired) electrons. The van der Waals surface area contributed by atoms with Crippen molar-refractivity contribution in [3.05, 3.63) is 51.4 Å². The normalized spacial score (nSPS) is 10.2. The molecule has 0 saturated heterocycles. The molecule has 0 unspecified atom stereocenters. The minimum absolute atomic E-state index is 0.147. The average molecular weight is 281 g/mol. The number of hydrogen-bond acceptors (Lipinski definition) is 4. The molecule has 7 nitrogen and oxygen atoms in total. The van der Waals surface area contributed by atoms with Crippen molar-refractivity contribution in [2.75, 3.05) is 5.32 Å². The lowest BCUT2D eigenvalue weighted by atomic mass is 10.3. The zero-order chi connectivity index (χ0) is 14.0. The van der Waals surface area contributed by atoms with Gasteiger partial charge in [0.25, 0.3) is 11.6 Å². The summed E-state index contributed by atoms with van der Waals surface area (Å²) in [5.74, 6) is -0.311. The van der Waals surface area contributed by atoms with Crippen LogP contribution >= 0.6 is 11.6 Å². The van der Waals surface area contributed by atoms with E-state index >= 15 is 0 Å². The maximum atomic E-state index is 12.0. The number of nitrogens with one attached hydrogen (secondary N) is 1. The summed E-state index contributed by atoms with van der Waals surface area (Å²) in [5.41, 5.74) is -0.00631. The number of nitro groups is 1. The molecule has 2 heterocycles. The predicted octanol–water partition coefficient (Wildman–Crippen LogP) is 2.23. The Morgan fingerprint density at radius 1 is 1.58 bits per heavy atom. The molecule has 0 spiro atoms. The number of aromatic nitrogens is 2. The maximum absolute atomic E-state index is 12.0. The number of pyridine rings is 1. The molecular weight excluding hydrogens is 272 g/mol. The number of carbonyl (C=O) groups excluding carboxylic acids is 1. The van der Waals surface area contributed by atoms with Crippen LogP contribution < -0.4 is 5.32 Å². The van der Waals surface area contributed by atoms with E-state index < -0.39 is 10.8 Å². The summed E-state index contributed by atoms with van der Waals surface area (Å²) in [6, 6.07) is 4.40. The van der Waals surface area contributed by atoms with Crippen LogP contribution in [0, 0.1) is 10.1 Å². The minimum Gasteiger partial charge on any atom is -0.340 e. The molecule has 0 saturated carbocycles. The highest BCUT2D eigenvalue weighted by Gasteiger charge is 2.18. The highest BCUT2D eigenvalue weighted by molar-refractivity contribution is 6.33. The smallest absolute Gasteiger partial charge is 0.287 e. The van der Waals surface area contributed by atoms with E-state index in [9.17, 15) is 14.9 Å². The molecule has 19 heavy (non-hydrogen) atoms. The van der Waals surface area contributed by atoms with Crippen molar-refractivity contribution in [1.82, 2.24) is 9.55 Å². The van der Waals surface area contributed by atoms with E-state index in [4.69, 9.17) is 11.6 Å². The van der Waals surface area contributed by atoms with Crippen molar-refractivity contribution in [3.63, 3.8) is 0 Å². The van der Waals surface area contributed by atoms with Gasteiger partial charge in [-0.2, -0.15) is 0 Å². The molecule has 0 atom stereocenters. The van der Waals surface area contributed by atoms with Crippen LogP contribution in [0.15, 0.2) is 30.6 Å². The standard InChI is InChI=1S/C11H9ClN4O3/c1-15-6-7(16(18)19)5-9(15)11(17)14-10-8(12)3-2-4-13-10/h2-6H,1H3,(H,13,14,17). The van der Waals surface area contributed by atoms with Crippen LogP contribution in [-0.4, -0.2) is 20.4 Å². The maximum Gasteiger partial charge on any atom is 0.287 e. The Balaban J connectivity index is 2.26. The fourth-order valence-corrected chi connectivity index (χ4v) is 1.69. The van der Waals surface area contributed by atoms with Crippen LogP contribution in [0.2, 0.25) is 5.02 Å². The van der Waals surface area contributed by atoms with Gasteiger partial charge in [0.1, 0.15) is 5.69 Å². The first-order valence-corrected chi connectivity index (χ1v) is 5.59. The molecule has 2 rings (SSSR count). The van der Waals surface area contributed by atoms with Gasteiger partial charge in [-0.1, -0.05) is 11.6 Å². The van der Waals surface area contributed by atoms with E-state index in [-0.39, 0.29) is 17.2 Å². The van der Waals surface area contributed by atoms with Crippen LogP contribution in [0.1, 0.15) is 10.5 Å². The van der Waals surface area contributed by atoms with Crippen molar-refractivity contribution in [2.24, 2.45) is 7.05 Å². The minimum atomic E-state index is -0.565. The van der Waals surface area contributed by atoms with Gasteiger partial charge >= 0.3 is 0 Å². The summed E-state index contributed by atoms with van der Waals surface area (Å²) in [7, 11) is 1.54. The van der Waals surface area contributed by atoms with E-state index in [2.05, 4.69) is 10.3 Å². The molecule has 0 aliphatic rings. The van der Waals surface area contributed by atoms with Gasteiger partial charge in [0.2, 0.25) is 0 Å². The van der Waals surface area contributed by atoms with E-state index in [1.54, 1.807) is 19.2 Å². The quantitative estimate of drug-likeness (QED) is 0.689. The Kier molecular flexibility index (Phi) is 3.48. The van der Waals surface area contributed by atoms with Crippen molar-refractivity contribution >= 4 is 29.0 Å². The van der Waals surface area contributed by atoms with Crippen molar-refractivity contribution in [3.8, 4) is 0 Å². The predicted molar refractivity (Wildman–Crippen MR) is 69.3 cm³/mol. The SMILES string of the molecule is Cn1cc([N+](=O)[O-])cc1C(=O)Nc1ncccc1Cl. The highest BCUT2D eigenvalue weighted by Crippen LogP contribution is 2.20. The number of aryl methyl sites for hydroxylation is 1. The molecule has 1 N–H and O–H groups in total. The number of halogens is 1. The van der Waals surface area contributed by atoms with Gasteiger partial charge in [0.05, 0.1) is 16.1 Å². The second-order valence-electron chi connectivity index (χ2n) is 3.74. The van der Waals surface area contributed by atoms with Crippen molar-refractivity contribution in [2.45, 2.75) is 0 Å². The first kappa shape index (κ1) is 13.0. The molecule has 2 aromatic heterocycles. The molecule has 0 bridgehead atoms. The summed E-state index contributed by atoms with van der Waals surface area (Å²) in [5, 5.41) is 13.4. The molecule has 0 aliphatic heterocycles. The molecule has 1 amide bonds. The average Bonchev–Trinajstić information content (AvgIpc) is 2.74. The number of rotatable bonds is 3. The van der Waals surface area contributed by atoms with E-state index in [1.165, 1.54) is 23.0 Å². The Morgan fingerprint density at radius 3 is 2.89 bits per heavy atom. The van der Waals surface area contributed by atoms with Crippen LogP contribution in [0.4, 0.5) is 11.5 Å². The van der Waals surface area contributed by atoms with Gasteiger partial charge in [-0.05, 0) is 12.1 Å². The Hall–Kier alpha value is -2.41. The summed E-state index contributed by atoms with van der Waals surface area (Å²) >= 11 is 5.86. The Bertz CT molecular complexity index is 653. The van der Waals surface area contributed by atoms with E-state index in [1.807, 2.05) is 0 Å². The second kappa shape index (κ2) is 5.07. The van der Waals surface area contributed by atoms with Gasteiger partial charge in [-0.3, -0.25) is 14.9 Å². The topological polar surface area (TPSA) is 90.1 Å². The van der Waals surface area contributed by atoms with Crippen molar-refractivity contribution < 1.29 is 9.72 Å². The third-order valence-electron chi connectivity index (χ3n) is 2.42. The van der Waals surface area contributed by atoms with E-state index in [0.717, 1.165) is 0 Å². The molecule has 0 aromatic carbocycles. The van der Waals surface area contributed by atoms with Gasteiger partial charge in [0.15, 0.2) is 5.82 Å². The summed E-state index contributed by atoms with van der Waals surface area (Å²) in [6.45, 7) is 0. The molecular formula is C11H9ClN4O3. The van der Waals surface area contributed by atoms with Crippen molar-refractivity contribution in [1.29, 1.82) is 0 Å². The zero-order valence-corrected chi connectivity index (χ0v) is 10.6. The van der Waals surface area contributed by atoms with Gasteiger partial charge in [-0.25, -0.2) is 4.98 Å². The molecule has 98 valence electrons. The molecule has 0 fully saturated rings. The third kappa shape index (κ3) is 2.71. The molecule has 0 aliphatic carbocycles. The first-order valence-electron chi connectivity index (χ1n) is 5.21. The molecule has 8 heteroatoms. The lowest BCUT2D eigenvalue weighted by molar-refractivity contribution is -0.384. The summed E-state index contributed by atoms with van der Waals surface area (Å²) in [6.07, 6.45) is 2.74. The fourth-order valence-electron chi connectivity index (χ4n) is 1.52. The number of hydrogen-bond donors (Lipinski definition) is 1. The fraction of sp³-hybridized carbons (Fsp3) is 0.0909. The number of anilines is 1. The number of amides is 1. The molecule has 2 aromatic rings. The van der Waals surface area contributed by atoms with Crippen LogP contribution in [0.3, 0.4) is 0 Å². The van der Waals surface area contributed by atoms with Crippen LogP contribution in [-0.2, 0) is 7.05 Å². The largest absolute Gasteiger partial charge is 0.340 e. The summed E-state index contributed by atoms with van der Waals surface area (Å²) < 4.78 is 1.37. The lowest BCUT2D eigenvalue weighted by Crippen LogP contribution is -2.16. The monoisotopic (exact) mass is 280 g/mol. The Morgan fingerprint density at radius 2 is 2.32 bits per heavy atom. The van der Waals surface area contributed by atoms with Gasteiger partial charge < -0.3 is 9.88 Å². The van der Waals surface area contributed by atoms with Crippen LogP contribution in [0.25, 0.3) is 0 Å². The van der Waals surface area contributed by atoms with Gasteiger partial charge in [0, 0.05) is 19.3 Å². The lowest BCUT2D eigenvalue weighted by Gasteiger charge is -2.05. The first-order chi connectivity index (χ1) is 8.99. The van der Waals surface area contributed by atoms with Gasteiger partial charge in [-0.15, -0.1) is 0 Å². The zero-order valence-electron chi connectivity index (χ0n) is 9.83. The number of carbonyl (C=O) groups is 1. The van der Waals surface area contributed by atoms with Crippen LogP contribution in [0.5, 0.6) is 0 Å². The van der Waals surface area contributed by atoms with E-state index in [0.29, 0.717) is 5.02 Å². The number of nitrogens with zero attached hydrogens (tertiary/aromatic N) is 3. The summed E-state index contributed by atoms with van der Waals surface area (Å²) in [4.78, 5) is 25.9.